The molecule has 0 saturated carbocycles. The highest BCUT2D eigenvalue weighted by molar-refractivity contribution is 6.30. The maximum atomic E-state index is 13.7. The van der Waals surface area contributed by atoms with Gasteiger partial charge < -0.3 is 19.3 Å². The largest absolute Gasteiger partial charge is 0.467 e. The Kier molecular flexibility index (Phi) is 14.2. The van der Waals surface area contributed by atoms with E-state index in [9.17, 15) is 38.6 Å². The van der Waals surface area contributed by atoms with Crippen LogP contribution in [0.2, 0.25) is 15.6 Å². The molecule has 0 fully saturated rings. The van der Waals surface area contributed by atoms with Gasteiger partial charge in [-0.15, -0.1) is 0 Å². The molecule has 51 heavy (non-hydrogen) atoms. The molecule has 0 bridgehead atoms. The number of halogens is 5. The van der Waals surface area contributed by atoms with Crippen LogP contribution in [0.4, 0.5) is 43.2 Å². The molecule has 0 saturated heterocycles. The standard InChI is InChI=1S/C15H14Cl2N4O4.C15H13ClF2N4O4/c1-3-11(14(22)25-2)20(10-6-4-9(16)5-7-10)13-12(21(23)24)8-18-15(17)19-13;1-3-11(14(23)26-2)21(8-4-5-9(17)10(18)6-8)13-12(22(24)25)7-19-15(16)20-13/h4-8,11H,3H2,1-2H3;4-7,11H,3H2,1-2H3. The van der Waals surface area contributed by atoms with E-state index in [-0.39, 0.29) is 40.0 Å². The van der Waals surface area contributed by atoms with Gasteiger partial charge in [0.1, 0.15) is 24.5 Å². The first-order chi connectivity index (χ1) is 24.2. The first-order valence-electron chi connectivity index (χ1n) is 14.5. The number of benzene rings is 2. The van der Waals surface area contributed by atoms with Crippen molar-refractivity contribution in [3.8, 4) is 0 Å². The fraction of sp³-hybridized carbons (Fsp3) is 0.267. The zero-order chi connectivity index (χ0) is 38.0. The van der Waals surface area contributed by atoms with Crippen LogP contribution in [0.25, 0.3) is 0 Å². The van der Waals surface area contributed by atoms with E-state index in [0.29, 0.717) is 17.1 Å². The SMILES string of the molecule is CCC(C(=O)OC)N(c1ccc(Cl)cc1)c1nc(Cl)ncc1[N+](=O)[O-].CCC(C(=O)OC)N(c1ccc(F)c(F)c1)c1nc(Cl)ncc1[N+](=O)[O-]. The Hall–Kier alpha value is -5.33. The number of rotatable bonds is 12. The molecular weight excluding hydrogens is 745 g/mol. The molecule has 2 atom stereocenters. The second-order valence-corrected chi connectivity index (χ2v) is 11.0. The third-order valence-electron chi connectivity index (χ3n) is 6.92. The minimum Gasteiger partial charge on any atom is -0.467 e. The van der Waals surface area contributed by atoms with Crippen LogP contribution in [0, 0.1) is 31.9 Å². The molecule has 2 aromatic carbocycles. The van der Waals surface area contributed by atoms with Gasteiger partial charge in [0.15, 0.2) is 11.6 Å². The van der Waals surface area contributed by atoms with Crippen LogP contribution in [0.1, 0.15) is 26.7 Å². The zero-order valence-corrected chi connectivity index (χ0v) is 29.3. The number of nitro groups is 2. The highest BCUT2D eigenvalue weighted by Crippen LogP contribution is 2.37. The monoisotopic (exact) mass is 770 g/mol. The fourth-order valence-electron chi connectivity index (χ4n) is 4.62. The van der Waals surface area contributed by atoms with Crippen molar-refractivity contribution >= 4 is 81.1 Å². The van der Waals surface area contributed by atoms with Gasteiger partial charge in [-0.2, -0.15) is 9.97 Å². The first-order valence-corrected chi connectivity index (χ1v) is 15.6. The van der Waals surface area contributed by atoms with Gasteiger partial charge in [0, 0.05) is 22.5 Å². The minimum absolute atomic E-state index is 0.0426. The normalized spacial score (nSPS) is 11.7. The van der Waals surface area contributed by atoms with E-state index in [0.717, 1.165) is 42.6 Å². The van der Waals surface area contributed by atoms with E-state index in [1.54, 1.807) is 38.1 Å². The number of hydrogen-bond donors (Lipinski definition) is 0. The lowest BCUT2D eigenvalue weighted by Gasteiger charge is -2.29. The lowest BCUT2D eigenvalue weighted by molar-refractivity contribution is -0.384. The summed E-state index contributed by atoms with van der Waals surface area (Å²) in [5.41, 5.74) is -0.526. The Morgan fingerprint density at radius 3 is 1.53 bits per heavy atom. The lowest BCUT2D eigenvalue weighted by Crippen LogP contribution is -2.39. The Labute approximate surface area is 303 Å². The van der Waals surface area contributed by atoms with Crippen LogP contribution in [0.5, 0.6) is 0 Å². The summed E-state index contributed by atoms with van der Waals surface area (Å²) in [4.78, 5) is 63.2. The third kappa shape index (κ3) is 9.68. The van der Waals surface area contributed by atoms with Crippen LogP contribution in [-0.2, 0) is 19.1 Å². The Morgan fingerprint density at radius 1 is 0.745 bits per heavy atom. The summed E-state index contributed by atoms with van der Waals surface area (Å²) < 4.78 is 36.6. The number of hydrogen-bond acceptors (Lipinski definition) is 14. The number of methoxy groups -OCH3 is 2. The summed E-state index contributed by atoms with van der Waals surface area (Å²) in [5, 5.41) is 22.7. The van der Waals surface area contributed by atoms with Gasteiger partial charge >= 0.3 is 23.3 Å². The molecule has 0 amide bonds. The van der Waals surface area contributed by atoms with Crippen LogP contribution < -0.4 is 9.80 Å². The summed E-state index contributed by atoms with van der Waals surface area (Å²) in [5.74, 6) is -4.09. The minimum atomic E-state index is -1.20. The molecular formula is C30H27Cl3F2N8O8. The average Bonchev–Trinajstić information content (AvgIpc) is 3.10. The van der Waals surface area contributed by atoms with Crippen molar-refractivity contribution in [2.75, 3.05) is 24.0 Å². The van der Waals surface area contributed by atoms with Crippen molar-refractivity contribution in [3.63, 3.8) is 0 Å². The molecule has 270 valence electrons. The summed E-state index contributed by atoms with van der Waals surface area (Å²) in [6, 6.07) is 7.26. The second kappa shape index (κ2) is 18.1. The molecule has 4 aromatic rings. The average molecular weight is 772 g/mol. The quantitative estimate of drug-likeness (QED) is 0.0607. The fourth-order valence-corrected chi connectivity index (χ4v) is 5.00. The van der Waals surface area contributed by atoms with E-state index < -0.39 is 51.2 Å². The first kappa shape index (κ1) is 40.1. The van der Waals surface area contributed by atoms with Crippen molar-refractivity contribution in [1.29, 1.82) is 0 Å². The molecule has 0 N–H and O–H groups in total. The molecule has 2 heterocycles. The molecule has 0 radical (unpaired) electrons. The number of anilines is 4. The smallest absolute Gasteiger partial charge is 0.330 e. The zero-order valence-electron chi connectivity index (χ0n) is 27.0. The predicted molar refractivity (Wildman–Crippen MR) is 182 cm³/mol. The molecule has 2 unspecified atom stereocenters. The maximum absolute atomic E-state index is 13.7. The third-order valence-corrected chi connectivity index (χ3v) is 7.54. The van der Waals surface area contributed by atoms with Crippen molar-refractivity contribution in [3.05, 3.63) is 102 Å². The predicted octanol–water partition coefficient (Wildman–Crippen LogP) is 7.19. The van der Waals surface area contributed by atoms with Gasteiger partial charge in [0.2, 0.25) is 22.2 Å². The number of nitrogens with zero attached hydrogens (tertiary/aromatic N) is 8. The summed E-state index contributed by atoms with van der Waals surface area (Å²) in [6.07, 6.45) is 2.30. The van der Waals surface area contributed by atoms with E-state index in [1.807, 2.05) is 0 Å². The molecule has 0 spiro atoms. The summed E-state index contributed by atoms with van der Waals surface area (Å²) in [7, 11) is 2.38. The van der Waals surface area contributed by atoms with Crippen LogP contribution in [-0.4, -0.2) is 68.0 Å². The van der Waals surface area contributed by atoms with Gasteiger partial charge in [0.05, 0.1) is 24.1 Å². The van der Waals surface area contributed by atoms with Crippen molar-refractivity contribution in [2.45, 2.75) is 38.8 Å². The number of esters is 2. The van der Waals surface area contributed by atoms with Gasteiger partial charge in [-0.3, -0.25) is 20.2 Å². The highest BCUT2D eigenvalue weighted by atomic mass is 35.5. The van der Waals surface area contributed by atoms with Crippen LogP contribution in [0.15, 0.2) is 54.9 Å². The topological polar surface area (TPSA) is 197 Å². The Bertz CT molecular complexity index is 1910. The van der Waals surface area contributed by atoms with Gasteiger partial charge in [0.25, 0.3) is 0 Å². The van der Waals surface area contributed by atoms with E-state index >= 15 is 0 Å². The highest BCUT2D eigenvalue weighted by Gasteiger charge is 2.35. The molecule has 2 aromatic heterocycles. The van der Waals surface area contributed by atoms with Gasteiger partial charge in [-0.1, -0.05) is 25.4 Å². The van der Waals surface area contributed by atoms with Gasteiger partial charge in [-0.05, 0) is 72.4 Å². The van der Waals surface area contributed by atoms with E-state index in [1.165, 1.54) is 12.0 Å². The molecule has 0 aliphatic rings. The van der Waals surface area contributed by atoms with Crippen LogP contribution >= 0.6 is 34.8 Å². The van der Waals surface area contributed by atoms with E-state index in [2.05, 4.69) is 19.9 Å². The Balaban J connectivity index is 0.000000276. The van der Waals surface area contributed by atoms with Crippen molar-refractivity contribution in [2.24, 2.45) is 0 Å². The molecule has 4 rings (SSSR count). The summed E-state index contributed by atoms with van der Waals surface area (Å²) in [6.45, 7) is 3.36. The number of ether oxygens (including phenoxy) is 2. The molecule has 16 nitrogen and oxygen atoms in total. The Morgan fingerprint density at radius 2 is 1.16 bits per heavy atom. The van der Waals surface area contributed by atoms with Crippen LogP contribution in [0.3, 0.4) is 0 Å². The molecule has 21 heteroatoms. The molecule has 0 aliphatic heterocycles. The maximum Gasteiger partial charge on any atom is 0.330 e. The second-order valence-electron chi connectivity index (χ2n) is 9.92. The number of carbonyl (C=O) groups is 2. The van der Waals surface area contributed by atoms with E-state index in [4.69, 9.17) is 44.3 Å². The number of aromatic nitrogens is 4. The van der Waals surface area contributed by atoms with Crippen molar-refractivity contribution < 1.29 is 37.7 Å². The van der Waals surface area contributed by atoms with Crippen molar-refractivity contribution in [1.82, 2.24) is 19.9 Å². The molecule has 0 aliphatic carbocycles. The number of carbonyl (C=O) groups excluding carboxylic acids is 2. The summed E-state index contributed by atoms with van der Waals surface area (Å²) >= 11 is 17.5. The van der Waals surface area contributed by atoms with Gasteiger partial charge in [-0.25, -0.2) is 28.3 Å². The lowest BCUT2D eigenvalue weighted by atomic mass is 10.1.